The first kappa shape index (κ1) is 8.94. The Morgan fingerprint density at radius 2 is 2.14 bits per heavy atom. The van der Waals surface area contributed by atoms with Crippen LogP contribution in [0.2, 0.25) is 0 Å². The summed E-state index contributed by atoms with van der Waals surface area (Å²) in [5.41, 5.74) is 1.19. The van der Waals surface area contributed by atoms with Gasteiger partial charge in [0, 0.05) is 23.9 Å². The van der Waals surface area contributed by atoms with Crippen molar-refractivity contribution in [1.82, 2.24) is 0 Å². The van der Waals surface area contributed by atoms with Crippen LogP contribution in [0.1, 0.15) is 23.0 Å². The molecule has 0 unspecified atom stereocenters. The van der Waals surface area contributed by atoms with Gasteiger partial charge in [-0.2, -0.15) is 0 Å². The summed E-state index contributed by atoms with van der Waals surface area (Å²) >= 11 is 0. The van der Waals surface area contributed by atoms with Crippen LogP contribution < -0.4 is 0 Å². The molecule has 1 heterocycles. The maximum absolute atomic E-state index is 12.8. The molecular formula is C11H9FO2. The van der Waals surface area contributed by atoms with E-state index in [-0.39, 0.29) is 11.6 Å². The van der Waals surface area contributed by atoms with Crippen LogP contribution >= 0.6 is 0 Å². The molecule has 0 amide bonds. The third-order valence-corrected chi connectivity index (χ3v) is 2.22. The summed E-state index contributed by atoms with van der Waals surface area (Å²) in [5.74, 6) is -0.189. The highest BCUT2D eigenvalue weighted by Gasteiger charge is 2.13. The number of furan rings is 1. The second-order valence-corrected chi connectivity index (χ2v) is 3.25. The second kappa shape index (κ2) is 2.94. The molecule has 0 spiro atoms. The zero-order chi connectivity index (χ0) is 10.3. The van der Waals surface area contributed by atoms with Gasteiger partial charge in [0.25, 0.3) is 0 Å². The third-order valence-electron chi connectivity index (χ3n) is 2.22. The first-order valence-electron chi connectivity index (χ1n) is 4.29. The van der Waals surface area contributed by atoms with E-state index >= 15 is 0 Å². The molecule has 14 heavy (non-hydrogen) atoms. The van der Waals surface area contributed by atoms with Crippen LogP contribution in [0, 0.1) is 12.7 Å². The number of hydrogen-bond acceptors (Lipinski definition) is 2. The topological polar surface area (TPSA) is 30.2 Å². The van der Waals surface area contributed by atoms with E-state index in [0.717, 1.165) is 10.9 Å². The van der Waals surface area contributed by atoms with Crippen molar-refractivity contribution in [3.05, 3.63) is 35.3 Å². The highest BCUT2D eigenvalue weighted by molar-refractivity contribution is 5.98. The Morgan fingerprint density at radius 3 is 2.79 bits per heavy atom. The molecule has 2 rings (SSSR count). The molecule has 0 N–H and O–H groups in total. The molecule has 2 nitrogen and oxygen atoms in total. The molecule has 72 valence electrons. The van der Waals surface area contributed by atoms with Crippen LogP contribution in [0.3, 0.4) is 0 Å². The standard InChI is InChI=1S/C11H9FO2/c1-6-9-4-3-8(12)5-10(9)14-11(6)7(2)13/h3-5H,1-2H3. The van der Waals surface area contributed by atoms with Crippen LogP contribution in [-0.2, 0) is 0 Å². The lowest BCUT2D eigenvalue weighted by atomic mass is 10.1. The fourth-order valence-electron chi connectivity index (χ4n) is 1.54. The fourth-order valence-corrected chi connectivity index (χ4v) is 1.54. The molecule has 0 aliphatic carbocycles. The summed E-state index contributed by atoms with van der Waals surface area (Å²) in [6, 6.07) is 4.26. The van der Waals surface area contributed by atoms with E-state index in [9.17, 15) is 9.18 Å². The fraction of sp³-hybridized carbons (Fsp3) is 0.182. The average Bonchev–Trinajstić information content (AvgIpc) is 2.43. The van der Waals surface area contributed by atoms with E-state index < -0.39 is 0 Å². The zero-order valence-electron chi connectivity index (χ0n) is 7.93. The number of benzene rings is 1. The van der Waals surface area contributed by atoms with E-state index in [1.54, 1.807) is 13.0 Å². The van der Waals surface area contributed by atoms with Gasteiger partial charge in [-0.1, -0.05) is 0 Å². The van der Waals surface area contributed by atoms with Crippen molar-refractivity contribution in [2.75, 3.05) is 0 Å². The van der Waals surface area contributed by atoms with E-state index in [1.807, 2.05) is 0 Å². The van der Waals surface area contributed by atoms with Gasteiger partial charge in [0.2, 0.25) is 0 Å². The third kappa shape index (κ3) is 1.21. The molecule has 0 aliphatic rings. The lowest BCUT2D eigenvalue weighted by Crippen LogP contribution is -1.90. The van der Waals surface area contributed by atoms with Crippen molar-refractivity contribution in [2.45, 2.75) is 13.8 Å². The number of halogens is 1. The van der Waals surface area contributed by atoms with Gasteiger partial charge in [-0.25, -0.2) is 4.39 Å². The summed E-state index contributed by atoms with van der Waals surface area (Å²) in [5, 5.41) is 0.789. The maximum atomic E-state index is 12.8. The number of rotatable bonds is 1. The Kier molecular flexibility index (Phi) is 1.88. The van der Waals surface area contributed by atoms with Crippen molar-refractivity contribution in [3.63, 3.8) is 0 Å². The highest BCUT2D eigenvalue weighted by atomic mass is 19.1. The van der Waals surface area contributed by atoms with Crippen LogP contribution in [-0.4, -0.2) is 5.78 Å². The Labute approximate surface area is 80.3 Å². The predicted octanol–water partition coefficient (Wildman–Crippen LogP) is 3.08. The Hall–Kier alpha value is -1.64. The van der Waals surface area contributed by atoms with Gasteiger partial charge in [0.1, 0.15) is 11.4 Å². The summed E-state index contributed by atoms with van der Waals surface area (Å²) in [6.45, 7) is 3.22. The molecular weight excluding hydrogens is 183 g/mol. The molecule has 2 aromatic rings. The highest BCUT2D eigenvalue weighted by Crippen LogP contribution is 2.25. The summed E-state index contributed by atoms with van der Waals surface area (Å²) in [7, 11) is 0. The summed E-state index contributed by atoms with van der Waals surface area (Å²) in [4.78, 5) is 11.1. The molecule has 1 aromatic carbocycles. The van der Waals surface area contributed by atoms with Crippen molar-refractivity contribution < 1.29 is 13.6 Å². The first-order chi connectivity index (χ1) is 6.59. The van der Waals surface area contributed by atoms with E-state index in [1.165, 1.54) is 19.1 Å². The van der Waals surface area contributed by atoms with Crippen molar-refractivity contribution in [2.24, 2.45) is 0 Å². The Morgan fingerprint density at radius 1 is 1.43 bits per heavy atom. The van der Waals surface area contributed by atoms with Crippen molar-refractivity contribution in [1.29, 1.82) is 0 Å². The number of carbonyl (C=O) groups excluding carboxylic acids is 1. The molecule has 0 radical (unpaired) electrons. The number of Topliss-reactive ketones (excluding diaryl/α,β-unsaturated/α-hetero) is 1. The normalized spacial score (nSPS) is 10.8. The smallest absolute Gasteiger partial charge is 0.195 e. The van der Waals surface area contributed by atoms with Gasteiger partial charge in [-0.05, 0) is 19.1 Å². The minimum Gasteiger partial charge on any atom is -0.453 e. The maximum Gasteiger partial charge on any atom is 0.195 e. The monoisotopic (exact) mass is 192 g/mol. The Bertz CT molecular complexity index is 511. The molecule has 0 atom stereocenters. The number of ketones is 1. The van der Waals surface area contributed by atoms with Gasteiger partial charge in [-0.3, -0.25) is 4.79 Å². The number of fused-ring (bicyclic) bond motifs is 1. The minimum atomic E-state index is -0.360. The van der Waals surface area contributed by atoms with E-state index in [4.69, 9.17) is 4.42 Å². The predicted molar refractivity (Wildman–Crippen MR) is 50.9 cm³/mol. The molecule has 3 heteroatoms. The Balaban J connectivity index is 2.79. The number of carbonyl (C=O) groups is 1. The van der Waals surface area contributed by atoms with Crippen molar-refractivity contribution >= 4 is 16.8 Å². The second-order valence-electron chi connectivity index (χ2n) is 3.25. The van der Waals surface area contributed by atoms with Gasteiger partial charge >= 0.3 is 0 Å². The van der Waals surface area contributed by atoms with E-state index in [2.05, 4.69) is 0 Å². The molecule has 0 bridgehead atoms. The SMILES string of the molecule is CC(=O)c1oc2cc(F)ccc2c1C. The average molecular weight is 192 g/mol. The lowest BCUT2D eigenvalue weighted by molar-refractivity contribution is 0.0988. The van der Waals surface area contributed by atoms with Crippen LogP contribution in [0.15, 0.2) is 22.6 Å². The molecule has 0 saturated heterocycles. The molecule has 0 fully saturated rings. The van der Waals surface area contributed by atoms with Crippen LogP contribution in [0.25, 0.3) is 11.0 Å². The quantitative estimate of drug-likeness (QED) is 0.650. The van der Waals surface area contributed by atoms with Gasteiger partial charge in [0.05, 0.1) is 0 Å². The molecule has 0 aliphatic heterocycles. The largest absolute Gasteiger partial charge is 0.453 e. The zero-order valence-corrected chi connectivity index (χ0v) is 7.93. The number of aryl methyl sites for hydroxylation is 1. The lowest BCUT2D eigenvalue weighted by Gasteiger charge is -1.89. The first-order valence-corrected chi connectivity index (χ1v) is 4.29. The molecule has 0 saturated carbocycles. The minimum absolute atomic E-state index is 0.140. The van der Waals surface area contributed by atoms with Crippen LogP contribution in [0.5, 0.6) is 0 Å². The van der Waals surface area contributed by atoms with Gasteiger partial charge < -0.3 is 4.42 Å². The van der Waals surface area contributed by atoms with Crippen molar-refractivity contribution in [3.8, 4) is 0 Å². The van der Waals surface area contributed by atoms with Gasteiger partial charge in [0.15, 0.2) is 11.5 Å². The molecule has 1 aromatic heterocycles. The van der Waals surface area contributed by atoms with Gasteiger partial charge in [-0.15, -0.1) is 0 Å². The van der Waals surface area contributed by atoms with Crippen LogP contribution in [0.4, 0.5) is 4.39 Å². The van der Waals surface area contributed by atoms with E-state index in [0.29, 0.717) is 11.3 Å². The number of hydrogen-bond donors (Lipinski definition) is 0. The summed E-state index contributed by atoms with van der Waals surface area (Å²) in [6.07, 6.45) is 0. The summed E-state index contributed by atoms with van der Waals surface area (Å²) < 4.78 is 18.1.